The van der Waals surface area contributed by atoms with Gasteiger partial charge in [-0.25, -0.2) is 0 Å². The van der Waals surface area contributed by atoms with Crippen LogP contribution < -0.4 is 11.1 Å². The van der Waals surface area contributed by atoms with Gasteiger partial charge in [0.1, 0.15) is 6.04 Å². The molecule has 5 heteroatoms. The third-order valence-electron chi connectivity index (χ3n) is 1.16. The number of nitrogens with two attached hydrogens (primary N) is 1. The average molecular weight is 160 g/mol. The topological polar surface area (TPSA) is 92.4 Å². The summed E-state index contributed by atoms with van der Waals surface area (Å²) in [6.45, 7) is 1.67. The second-order valence-corrected chi connectivity index (χ2v) is 2.10. The molecule has 4 N–H and O–H groups in total. The van der Waals surface area contributed by atoms with Crippen LogP contribution in [0.2, 0.25) is 0 Å². The van der Waals surface area contributed by atoms with Crippen molar-refractivity contribution in [1.82, 2.24) is 5.32 Å². The SMILES string of the molecule is CCC(=O)NC[C@@H](N)C(=O)O. The van der Waals surface area contributed by atoms with Gasteiger partial charge in [0, 0.05) is 13.0 Å². The Labute approximate surface area is 64.6 Å². The van der Waals surface area contributed by atoms with Crippen molar-refractivity contribution in [2.24, 2.45) is 5.73 Å². The highest BCUT2D eigenvalue weighted by atomic mass is 16.4. The van der Waals surface area contributed by atoms with Crippen molar-refractivity contribution < 1.29 is 14.7 Å². The fraction of sp³-hybridized carbons (Fsp3) is 0.667. The highest BCUT2D eigenvalue weighted by Crippen LogP contribution is 1.78. The van der Waals surface area contributed by atoms with E-state index in [1.807, 2.05) is 0 Å². The third-order valence-corrected chi connectivity index (χ3v) is 1.16. The van der Waals surface area contributed by atoms with Crippen molar-refractivity contribution in [3.63, 3.8) is 0 Å². The van der Waals surface area contributed by atoms with Crippen LogP contribution in [-0.2, 0) is 9.59 Å². The summed E-state index contributed by atoms with van der Waals surface area (Å²) in [4.78, 5) is 20.7. The van der Waals surface area contributed by atoms with Crippen molar-refractivity contribution in [3.8, 4) is 0 Å². The van der Waals surface area contributed by atoms with Crippen molar-refractivity contribution in [2.45, 2.75) is 19.4 Å². The Morgan fingerprint density at radius 3 is 2.55 bits per heavy atom. The normalized spacial score (nSPS) is 12.2. The van der Waals surface area contributed by atoms with Crippen LogP contribution >= 0.6 is 0 Å². The van der Waals surface area contributed by atoms with Crippen LogP contribution in [0.25, 0.3) is 0 Å². The molecule has 0 aliphatic heterocycles. The van der Waals surface area contributed by atoms with Gasteiger partial charge in [0.2, 0.25) is 5.91 Å². The quantitative estimate of drug-likeness (QED) is 0.488. The van der Waals surface area contributed by atoms with Crippen molar-refractivity contribution in [3.05, 3.63) is 0 Å². The first-order chi connectivity index (χ1) is 5.07. The molecular formula is C6H12N2O3. The van der Waals surface area contributed by atoms with Crippen LogP contribution in [0.1, 0.15) is 13.3 Å². The molecule has 1 atom stereocenters. The van der Waals surface area contributed by atoms with E-state index >= 15 is 0 Å². The van der Waals surface area contributed by atoms with Gasteiger partial charge in [-0.2, -0.15) is 0 Å². The Kier molecular flexibility index (Phi) is 4.21. The monoisotopic (exact) mass is 160 g/mol. The summed E-state index contributed by atoms with van der Waals surface area (Å²) in [6.07, 6.45) is 0.340. The number of carboxylic acids is 1. The Hall–Kier alpha value is -1.10. The maximum atomic E-state index is 10.6. The van der Waals surface area contributed by atoms with E-state index in [-0.39, 0.29) is 12.5 Å². The first-order valence-electron chi connectivity index (χ1n) is 3.33. The zero-order chi connectivity index (χ0) is 8.85. The maximum Gasteiger partial charge on any atom is 0.322 e. The van der Waals surface area contributed by atoms with E-state index in [1.54, 1.807) is 6.92 Å². The molecule has 5 nitrogen and oxygen atoms in total. The van der Waals surface area contributed by atoms with Crippen molar-refractivity contribution in [2.75, 3.05) is 6.54 Å². The molecule has 0 bridgehead atoms. The number of aliphatic carboxylic acids is 1. The third kappa shape index (κ3) is 4.32. The highest BCUT2D eigenvalue weighted by molar-refractivity contribution is 5.78. The molecule has 0 spiro atoms. The molecule has 64 valence electrons. The van der Waals surface area contributed by atoms with Crippen LogP contribution in [0, 0.1) is 0 Å². The minimum Gasteiger partial charge on any atom is -0.480 e. The number of carboxylic acid groups (broad SMARTS) is 1. The van der Waals surface area contributed by atoms with Crippen molar-refractivity contribution in [1.29, 1.82) is 0 Å². The summed E-state index contributed by atoms with van der Waals surface area (Å²) in [5.74, 6) is -1.30. The van der Waals surface area contributed by atoms with Crippen molar-refractivity contribution >= 4 is 11.9 Å². The summed E-state index contributed by atoms with van der Waals surface area (Å²) in [5, 5.41) is 10.7. The Morgan fingerprint density at radius 1 is 1.64 bits per heavy atom. The molecule has 0 aromatic carbocycles. The van der Waals surface area contributed by atoms with Gasteiger partial charge >= 0.3 is 5.97 Å². The second kappa shape index (κ2) is 4.68. The molecule has 0 heterocycles. The number of rotatable bonds is 4. The molecule has 0 radical (unpaired) electrons. The molecule has 0 rings (SSSR count). The molecule has 0 saturated heterocycles. The number of carbonyl (C=O) groups excluding carboxylic acids is 1. The minimum atomic E-state index is -1.11. The molecule has 1 amide bonds. The van der Waals surface area contributed by atoms with Gasteiger partial charge < -0.3 is 16.2 Å². The first-order valence-corrected chi connectivity index (χ1v) is 3.33. The lowest BCUT2D eigenvalue weighted by Crippen LogP contribution is -2.42. The standard InChI is InChI=1S/C6H12N2O3/c1-2-5(9)8-3-4(7)6(10)11/h4H,2-3,7H2,1H3,(H,8,9)(H,10,11)/t4-/m1/s1. The van der Waals surface area contributed by atoms with Crippen LogP contribution in [0.3, 0.4) is 0 Å². The van der Waals surface area contributed by atoms with Crippen LogP contribution in [0.4, 0.5) is 0 Å². The Bertz CT molecular complexity index is 158. The maximum absolute atomic E-state index is 10.6. The zero-order valence-electron chi connectivity index (χ0n) is 6.33. The van der Waals surface area contributed by atoms with Gasteiger partial charge in [-0.15, -0.1) is 0 Å². The zero-order valence-corrected chi connectivity index (χ0v) is 6.33. The lowest BCUT2D eigenvalue weighted by molar-refractivity contribution is -0.138. The number of nitrogens with one attached hydrogen (secondary N) is 1. The van der Waals surface area contributed by atoms with Gasteiger partial charge in [0.05, 0.1) is 0 Å². The van der Waals surface area contributed by atoms with E-state index in [9.17, 15) is 9.59 Å². The number of hydrogen-bond acceptors (Lipinski definition) is 3. The van der Waals surface area contributed by atoms with E-state index in [1.165, 1.54) is 0 Å². The summed E-state index contributed by atoms with van der Waals surface area (Å²) in [6, 6.07) is -1.01. The molecule has 0 saturated carbocycles. The van der Waals surface area contributed by atoms with E-state index < -0.39 is 12.0 Å². The molecule has 0 fully saturated rings. The van der Waals surface area contributed by atoms with Crippen LogP contribution in [-0.4, -0.2) is 29.6 Å². The number of carbonyl (C=O) groups is 2. The van der Waals surface area contributed by atoms with Gasteiger partial charge in [-0.3, -0.25) is 9.59 Å². The van der Waals surface area contributed by atoms with E-state index in [4.69, 9.17) is 10.8 Å². The molecule has 0 unspecified atom stereocenters. The van der Waals surface area contributed by atoms with Gasteiger partial charge in [0.15, 0.2) is 0 Å². The second-order valence-electron chi connectivity index (χ2n) is 2.10. The molecule has 0 aromatic rings. The molecule has 0 aliphatic carbocycles. The smallest absolute Gasteiger partial charge is 0.322 e. The lowest BCUT2D eigenvalue weighted by atomic mass is 10.3. The number of hydrogen-bond donors (Lipinski definition) is 3. The largest absolute Gasteiger partial charge is 0.480 e. The molecular weight excluding hydrogens is 148 g/mol. The summed E-state index contributed by atoms with van der Waals surface area (Å²) < 4.78 is 0. The fourth-order valence-electron chi connectivity index (χ4n) is 0.436. The lowest BCUT2D eigenvalue weighted by Gasteiger charge is -2.06. The predicted octanol–water partition coefficient (Wildman–Crippen LogP) is -1.08. The summed E-state index contributed by atoms with van der Waals surface area (Å²) in [7, 11) is 0. The summed E-state index contributed by atoms with van der Waals surface area (Å²) >= 11 is 0. The van der Waals surface area contributed by atoms with Crippen LogP contribution in [0.15, 0.2) is 0 Å². The number of amides is 1. The van der Waals surface area contributed by atoms with E-state index in [0.29, 0.717) is 6.42 Å². The minimum absolute atomic E-state index is 0.0119. The predicted molar refractivity (Wildman–Crippen MR) is 38.9 cm³/mol. The average Bonchev–Trinajstić information content (AvgIpc) is 1.99. The molecule has 0 aliphatic rings. The fourth-order valence-corrected chi connectivity index (χ4v) is 0.436. The van der Waals surface area contributed by atoms with E-state index in [2.05, 4.69) is 5.32 Å². The van der Waals surface area contributed by atoms with Gasteiger partial charge in [-0.05, 0) is 0 Å². The Morgan fingerprint density at radius 2 is 2.18 bits per heavy atom. The summed E-state index contributed by atoms with van der Waals surface area (Å²) in [5.41, 5.74) is 5.11. The highest BCUT2D eigenvalue weighted by Gasteiger charge is 2.11. The molecule has 0 aromatic heterocycles. The Balaban J connectivity index is 3.54. The van der Waals surface area contributed by atoms with Crippen LogP contribution in [0.5, 0.6) is 0 Å². The first kappa shape index (κ1) is 9.90. The van der Waals surface area contributed by atoms with E-state index in [0.717, 1.165) is 0 Å². The van der Waals surface area contributed by atoms with Gasteiger partial charge in [0.25, 0.3) is 0 Å². The molecule has 11 heavy (non-hydrogen) atoms. The van der Waals surface area contributed by atoms with Gasteiger partial charge in [-0.1, -0.05) is 6.92 Å².